The number of rotatable bonds is 7. The number of nitrogens with zero attached hydrogens (tertiary/aromatic N) is 1. The highest BCUT2D eigenvalue weighted by Gasteiger charge is 2.37. The maximum absolute atomic E-state index is 11.2. The minimum absolute atomic E-state index is 0.0140. The molecule has 20 heavy (non-hydrogen) atoms. The zero-order valence-electron chi connectivity index (χ0n) is 11.8. The molecule has 2 rings (SSSR count). The van der Waals surface area contributed by atoms with Crippen molar-refractivity contribution in [2.75, 3.05) is 25.6 Å². The molecule has 1 aliphatic carbocycles. The summed E-state index contributed by atoms with van der Waals surface area (Å²) in [5.41, 5.74) is 0.277. The first kappa shape index (κ1) is 14.6. The van der Waals surface area contributed by atoms with Gasteiger partial charge in [0.1, 0.15) is 5.69 Å². The van der Waals surface area contributed by atoms with E-state index in [4.69, 9.17) is 9.47 Å². The number of ether oxygens (including phenoxy) is 2. The topological polar surface area (TPSA) is 73.6 Å². The number of methoxy groups -OCH3 is 1. The van der Waals surface area contributed by atoms with Gasteiger partial charge in [-0.3, -0.25) is 10.1 Å². The van der Waals surface area contributed by atoms with Gasteiger partial charge >= 0.3 is 5.69 Å². The molecule has 0 amide bonds. The Morgan fingerprint density at radius 3 is 2.70 bits per heavy atom. The number of benzene rings is 1. The number of nitro groups is 1. The molecule has 0 radical (unpaired) electrons. The second kappa shape index (κ2) is 6.09. The normalized spacial score (nSPS) is 16.3. The molecule has 0 spiro atoms. The maximum Gasteiger partial charge on any atom is 0.333 e. The van der Waals surface area contributed by atoms with Crippen molar-refractivity contribution in [3.8, 4) is 5.75 Å². The Labute approximate surface area is 118 Å². The van der Waals surface area contributed by atoms with Gasteiger partial charge in [0.15, 0.2) is 5.75 Å². The molecule has 1 saturated carbocycles. The second-order valence-electron chi connectivity index (χ2n) is 4.94. The van der Waals surface area contributed by atoms with Crippen LogP contribution in [0.25, 0.3) is 0 Å². The van der Waals surface area contributed by atoms with Gasteiger partial charge in [-0.05, 0) is 38.3 Å². The van der Waals surface area contributed by atoms with E-state index in [1.54, 1.807) is 32.2 Å². The number of hydrogen-bond donors (Lipinski definition) is 1. The van der Waals surface area contributed by atoms with Crippen LogP contribution in [-0.4, -0.2) is 30.8 Å². The molecule has 0 atom stereocenters. The fourth-order valence-corrected chi connectivity index (χ4v) is 2.41. The molecule has 0 aliphatic heterocycles. The SMILES string of the molecule is CCOc1cccc(NCC2(OC)CCC2)c1[N+](=O)[O-]. The van der Waals surface area contributed by atoms with E-state index in [9.17, 15) is 10.1 Å². The maximum atomic E-state index is 11.2. The van der Waals surface area contributed by atoms with Crippen LogP contribution < -0.4 is 10.1 Å². The van der Waals surface area contributed by atoms with E-state index in [2.05, 4.69) is 5.32 Å². The lowest BCUT2D eigenvalue weighted by atomic mass is 9.80. The summed E-state index contributed by atoms with van der Waals surface area (Å²) in [5.74, 6) is 0.294. The van der Waals surface area contributed by atoms with Gasteiger partial charge < -0.3 is 14.8 Å². The minimum Gasteiger partial charge on any atom is -0.487 e. The molecule has 0 bridgehead atoms. The molecule has 1 fully saturated rings. The van der Waals surface area contributed by atoms with E-state index < -0.39 is 4.92 Å². The monoisotopic (exact) mass is 280 g/mol. The Morgan fingerprint density at radius 2 is 2.20 bits per heavy atom. The van der Waals surface area contributed by atoms with Crippen molar-refractivity contribution in [3.63, 3.8) is 0 Å². The van der Waals surface area contributed by atoms with Gasteiger partial charge in [-0.15, -0.1) is 0 Å². The van der Waals surface area contributed by atoms with Gasteiger partial charge in [-0.1, -0.05) is 6.07 Å². The molecular formula is C14H20N2O4. The van der Waals surface area contributed by atoms with Crippen molar-refractivity contribution in [1.29, 1.82) is 0 Å². The molecule has 0 aromatic heterocycles. The van der Waals surface area contributed by atoms with Gasteiger partial charge in [-0.25, -0.2) is 0 Å². The fourth-order valence-electron chi connectivity index (χ4n) is 2.41. The van der Waals surface area contributed by atoms with Crippen LogP contribution in [0.5, 0.6) is 5.75 Å². The van der Waals surface area contributed by atoms with Crippen LogP contribution in [0.2, 0.25) is 0 Å². The van der Waals surface area contributed by atoms with Gasteiger partial charge in [0, 0.05) is 13.7 Å². The summed E-state index contributed by atoms with van der Waals surface area (Å²) in [6.07, 6.45) is 3.10. The quantitative estimate of drug-likeness (QED) is 0.614. The lowest BCUT2D eigenvalue weighted by molar-refractivity contribution is -0.385. The molecule has 1 N–H and O–H groups in total. The van der Waals surface area contributed by atoms with E-state index in [0.29, 0.717) is 24.6 Å². The van der Waals surface area contributed by atoms with Crippen molar-refractivity contribution < 1.29 is 14.4 Å². The predicted molar refractivity (Wildman–Crippen MR) is 76.3 cm³/mol. The Kier molecular flexibility index (Phi) is 4.44. The summed E-state index contributed by atoms with van der Waals surface area (Å²) in [6.45, 7) is 2.77. The molecule has 110 valence electrons. The van der Waals surface area contributed by atoms with Crippen molar-refractivity contribution in [1.82, 2.24) is 0 Å². The zero-order valence-corrected chi connectivity index (χ0v) is 11.8. The highest BCUT2D eigenvalue weighted by molar-refractivity contribution is 5.68. The largest absolute Gasteiger partial charge is 0.487 e. The van der Waals surface area contributed by atoms with Crippen molar-refractivity contribution >= 4 is 11.4 Å². The van der Waals surface area contributed by atoms with Gasteiger partial charge in [0.05, 0.1) is 17.1 Å². The molecular weight excluding hydrogens is 260 g/mol. The molecule has 0 heterocycles. The Balaban J connectivity index is 2.18. The first-order valence-corrected chi connectivity index (χ1v) is 6.81. The highest BCUT2D eigenvalue weighted by atomic mass is 16.6. The highest BCUT2D eigenvalue weighted by Crippen LogP contribution is 2.38. The summed E-state index contributed by atoms with van der Waals surface area (Å²) in [6, 6.07) is 5.06. The molecule has 1 aromatic carbocycles. The summed E-state index contributed by atoms with van der Waals surface area (Å²) in [5, 5.41) is 14.4. The van der Waals surface area contributed by atoms with Crippen molar-refractivity contribution in [2.45, 2.75) is 31.8 Å². The lowest BCUT2D eigenvalue weighted by Gasteiger charge is -2.40. The van der Waals surface area contributed by atoms with Crippen LogP contribution in [0.3, 0.4) is 0 Å². The van der Waals surface area contributed by atoms with Gasteiger partial charge in [-0.2, -0.15) is 0 Å². The van der Waals surface area contributed by atoms with E-state index >= 15 is 0 Å². The van der Waals surface area contributed by atoms with Crippen LogP contribution >= 0.6 is 0 Å². The molecule has 1 aromatic rings. The van der Waals surface area contributed by atoms with Gasteiger partial charge in [0.2, 0.25) is 0 Å². The second-order valence-corrected chi connectivity index (χ2v) is 4.94. The van der Waals surface area contributed by atoms with Crippen LogP contribution in [0.1, 0.15) is 26.2 Å². The smallest absolute Gasteiger partial charge is 0.333 e. The number of nitro benzene ring substituents is 1. The van der Waals surface area contributed by atoms with E-state index in [0.717, 1.165) is 19.3 Å². The fraction of sp³-hybridized carbons (Fsp3) is 0.571. The van der Waals surface area contributed by atoms with Crippen LogP contribution in [0.15, 0.2) is 18.2 Å². The number of hydrogen-bond acceptors (Lipinski definition) is 5. The molecule has 6 nitrogen and oxygen atoms in total. The summed E-state index contributed by atoms with van der Waals surface area (Å²) in [4.78, 5) is 10.8. The van der Waals surface area contributed by atoms with E-state index in [1.165, 1.54) is 0 Å². The number of anilines is 1. The third kappa shape index (κ3) is 2.85. The van der Waals surface area contributed by atoms with E-state index in [1.807, 2.05) is 0 Å². The van der Waals surface area contributed by atoms with Gasteiger partial charge in [0.25, 0.3) is 0 Å². The minimum atomic E-state index is -0.409. The first-order valence-electron chi connectivity index (χ1n) is 6.81. The van der Waals surface area contributed by atoms with Crippen LogP contribution in [0.4, 0.5) is 11.4 Å². The van der Waals surface area contributed by atoms with Crippen molar-refractivity contribution in [2.24, 2.45) is 0 Å². The molecule has 6 heteroatoms. The average molecular weight is 280 g/mol. The number of para-hydroxylation sites is 1. The molecule has 0 saturated heterocycles. The summed E-state index contributed by atoms with van der Waals surface area (Å²) >= 11 is 0. The summed E-state index contributed by atoms with van der Waals surface area (Å²) in [7, 11) is 1.69. The average Bonchev–Trinajstić information content (AvgIpc) is 2.38. The predicted octanol–water partition coefficient (Wildman–Crippen LogP) is 2.97. The van der Waals surface area contributed by atoms with Crippen molar-refractivity contribution in [3.05, 3.63) is 28.3 Å². The Hall–Kier alpha value is -1.82. The van der Waals surface area contributed by atoms with Crippen LogP contribution in [-0.2, 0) is 4.74 Å². The zero-order chi connectivity index (χ0) is 14.6. The molecule has 1 aliphatic rings. The lowest BCUT2D eigenvalue weighted by Crippen LogP contribution is -2.45. The van der Waals surface area contributed by atoms with Crippen LogP contribution in [0, 0.1) is 10.1 Å². The third-order valence-corrected chi connectivity index (χ3v) is 3.78. The Bertz CT molecular complexity index is 481. The first-order chi connectivity index (χ1) is 9.62. The molecule has 0 unspecified atom stereocenters. The Morgan fingerprint density at radius 1 is 1.45 bits per heavy atom. The summed E-state index contributed by atoms with van der Waals surface area (Å²) < 4.78 is 10.8. The number of nitrogens with one attached hydrogen (secondary N) is 1. The third-order valence-electron chi connectivity index (χ3n) is 3.78. The van der Waals surface area contributed by atoms with E-state index in [-0.39, 0.29) is 11.3 Å². The standard InChI is InChI=1S/C14H20N2O4/c1-3-20-12-7-4-6-11(13(12)16(17)18)15-10-14(19-2)8-5-9-14/h4,6-7,15H,3,5,8-10H2,1-2H3.